The molecule has 2 aromatic heterocycles. The van der Waals surface area contributed by atoms with E-state index in [1.165, 1.54) is 0 Å². The van der Waals surface area contributed by atoms with Crippen LogP contribution in [0.15, 0.2) is 30.5 Å². The number of carbonyl (C=O) groups is 1. The number of hydrogen-bond acceptors (Lipinski definition) is 4. The molecule has 0 aliphatic carbocycles. The Kier molecular flexibility index (Phi) is 5.46. The van der Waals surface area contributed by atoms with Crippen molar-refractivity contribution < 1.29 is 9.53 Å². The molecule has 0 atom stereocenters. The Hall–Kier alpha value is -2.37. The monoisotopic (exact) mass is 328 g/mol. The number of amides is 1. The van der Waals surface area contributed by atoms with Gasteiger partial charge in [-0.25, -0.2) is 4.79 Å². The first-order chi connectivity index (χ1) is 11.8. The van der Waals surface area contributed by atoms with Gasteiger partial charge in [0.2, 0.25) is 0 Å². The van der Waals surface area contributed by atoms with Crippen molar-refractivity contribution in [2.45, 2.75) is 38.5 Å². The van der Waals surface area contributed by atoms with Crippen molar-refractivity contribution in [3.8, 4) is 11.4 Å². The Morgan fingerprint density at radius 2 is 2.17 bits per heavy atom. The summed E-state index contributed by atoms with van der Waals surface area (Å²) in [6.45, 7) is 4.06. The van der Waals surface area contributed by atoms with Crippen LogP contribution in [-0.2, 0) is 4.74 Å². The molecule has 0 radical (unpaired) electrons. The molecule has 0 saturated carbocycles. The summed E-state index contributed by atoms with van der Waals surface area (Å²) in [7, 11) is 0. The highest BCUT2D eigenvalue weighted by Gasteiger charge is 2.26. The van der Waals surface area contributed by atoms with Crippen LogP contribution in [0.25, 0.3) is 11.4 Å². The van der Waals surface area contributed by atoms with Crippen LogP contribution in [0.2, 0.25) is 0 Å². The van der Waals surface area contributed by atoms with E-state index < -0.39 is 0 Å². The van der Waals surface area contributed by atoms with Crippen molar-refractivity contribution in [2.75, 3.05) is 19.7 Å². The fourth-order valence-corrected chi connectivity index (χ4v) is 2.96. The zero-order chi connectivity index (χ0) is 16.8. The second-order valence-corrected chi connectivity index (χ2v) is 6.15. The van der Waals surface area contributed by atoms with Gasteiger partial charge in [-0.1, -0.05) is 19.4 Å². The molecule has 6 nitrogen and oxygen atoms in total. The van der Waals surface area contributed by atoms with Gasteiger partial charge in [0.15, 0.2) is 0 Å². The summed E-state index contributed by atoms with van der Waals surface area (Å²) in [6, 6.07) is 7.88. The summed E-state index contributed by atoms with van der Waals surface area (Å²) < 4.78 is 5.28. The van der Waals surface area contributed by atoms with Gasteiger partial charge in [0, 0.05) is 30.9 Å². The minimum Gasteiger partial charge on any atom is -0.449 e. The average Bonchev–Trinajstić information content (AvgIpc) is 3.13. The minimum atomic E-state index is -0.180. The quantitative estimate of drug-likeness (QED) is 0.852. The van der Waals surface area contributed by atoms with Gasteiger partial charge in [0.25, 0.3) is 0 Å². The predicted octanol–water partition coefficient (Wildman–Crippen LogP) is 3.59. The second kappa shape index (κ2) is 7.95. The van der Waals surface area contributed by atoms with Crippen molar-refractivity contribution in [1.29, 1.82) is 0 Å². The minimum absolute atomic E-state index is 0.180. The van der Waals surface area contributed by atoms with Crippen LogP contribution in [0, 0.1) is 0 Å². The molecular weight excluding hydrogens is 304 g/mol. The first-order valence-electron chi connectivity index (χ1n) is 8.66. The zero-order valence-electron chi connectivity index (χ0n) is 14.1. The van der Waals surface area contributed by atoms with Crippen LogP contribution >= 0.6 is 0 Å². The number of ether oxygens (including phenoxy) is 1. The molecule has 0 unspecified atom stereocenters. The van der Waals surface area contributed by atoms with Crippen LogP contribution in [-0.4, -0.2) is 45.9 Å². The maximum absolute atomic E-state index is 12.0. The lowest BCUT2D eigenvalue weighted by Crippen LogP contribution is -2.38. The molecule has 1 N–H and O–H groups in total. The summed E-state index contributed by atoms with van der Waals surface area (Å²) in [5.41, 5.74) is 2.86. The summed E-state index contributed by atoms with van der Waals surface area (Å²) >= 11 is 0. The van der Waals surface area contributed by atoms with Crippen molar-refractivity contribution in [3.05, 3.63) is 36.2 Å². The third kappa shape index (κ3) is 3.93. The molecular formula is C18H24N4O2. The van der Waals surface area contributed by atoms with Gasteiger partial charge in [0.05, 0.1) is 12.3 Å². The van der Waals surface area contributed by atoms with Crippen molar-refractivity contribution in [1.82, 2.24) is 20.1 Å². The van der Waals surface area contributed by atoms with E-state index >= 15 is 0 Å². The van der Waals surface area contributed by atoms with Crippen LogP contribution in [0.4, 0.5) is 4.79 Å². The highest BCUT2D eigenvalue weighted by molar-refractivity contribution is 5.67. The lowest BCUT2D eigenvalue weighted by molar-refractivity contribution is 0.0914. The fraction of sp³-hybridized carbons (Fsp3) is 0.500. The highest BCUT2D eigenvalue weighted by atomic mass is 16.6. The summed E-state index contributed by atoms with van der Waals surface area (Å²) in [6.07, 6.45) is 5.40. The van der Waals surface area contributed by atoms with Gasteiger partial charge in [-0.3, -0.25) is 10.1 Å². The van der Waals surface area contributed by atoms with Crippen LogP contribution in [0.1, 0.15) is 44.2 Å². The number of likely N-dealkylation sites (tertiary alicyclic amines) is 1. The van der Waals surface area contributed by atoms with Crippen LogP contribution < -0.4 is 0 Å². The molecule has 3 heterocycles. The standard InChI is InChI=1S/C18H24N4O2/c1-2-3-12-24-18(23)22-10-7-14(8-11-22)16-13-17(21-20-16)15-6-4-5-9-19-15/h4-6,9,13-14H,2-3,7-8,10-12H2,1H3,(H,20,21). The van der Waals surface area contributed by atoms with Gasteiger partial charge in [-0.15, -0.1) is 0 Å². The normalized spacial score (nSPS) is 15.5. The maximum atomic E-state index is 12.0. The lowest BCUT2D eigenvalue weighted by Gasteiger charge is -2.30. The summed E-state index contributed by atoms with van der Waals surface area (Å²) in [5.74, 6) is 0.398. The van der Waals surface area contributed by atoms with E-state index in [1.807, 2.05) is 23.1 Å². The first-order valence-corrected chi connectivity index (χ1v) is 8.66. The third-order valence-corrected chi connectivity index (χ3v) is 4.44. The molecule has 24 heavy (non-hydrogen) atoms. The Labute approximate surface area is 142 Å². The smallest absolute Gasteiger partial charge is 0.409 e. The number of pyridine rings is 1. The SMILES string of the molecule is CCCCOC(=O)N1CCC(c2cc(-c3ccccn3)n[nH]2)CC1. The Morgan fingerprint density at radius 1 is 1.33 bits per heavy atom. The second-order valence-electron chi connectivity index (χ2n) is 6.15. The van der Waals surface area contributed by atoms with E-state index in [2.05, 4.69) is 28.2 Å². The molecule has 3 rings (SSSR count). The number of nitrogens with one attached hydrogen (secondary N) is 1. The molecule has 2 aromatic rings. The predicted molar refractivity (Wildman–Crippen MR) is 91.6 cm³/mol. The van der Waals surface area contributed by atoms with E-state index in [0.717, 1.165) is 55.9 Å². The van der Waals surface area contributed by atoms with Gasteiger partial charge in [0.1, 0.15) is 5.69 Å². The van der Waals surface area contributed by atoms with Crippen molar-refractivity contribution >= 4 is 6.09 Å². The van der Waals surface area contributed by atoms with Gasteiger partial charge >= 0.3 is 6.09 Å². The number of hydrogen-bond donors (Lipinski definition) is 1. The molecule has 1 aliphatic heterocycles. The van der Waals surface area contributed by atoms with E-state index in [4.69, 9.17) is 4.74 Å². The highest BCUT2D eigenvalue weighted by Crippen LogP contribution is 2.29. The molecule has 1 saturated heterocycles. The average molecular weight is 328 g/mol. The first kappa shape index (κ1) is 16.5. The summed E-state index contributed by atoms with van der Waals surface area (Å²) in [4.78, 5) is 18.1. The zero-order valence-corrected chi connectivity index (χ0v) is 14.1. The number of unbranched alkanes of at least 4 members (excludes halogenated alkanes) is 1. The number of H-pyrrole nitrogens is 1. The maximum Gasteiger partial charge on any atom is 0.409 e. The molecule has 1 amide bonds. The van der Waals surface area contributed by atoms with E-state index in [-0.39, 0.29) is 6.09 Å². The molecule has 0 aromatic carbocycles. The number of aromatic amines is 1. The lowest BCUT2D eigenvalue weighted by atomic mass is 9.93. The van der Waals surface area contributed by atoms with Crippen LogP contribution in [0.3, 0.4) is 0 Å². The number of carbonyl (C=O) groups excluding carboxylic acids is 1. The van der Waals surface area contributed by atoms with Gasteiger partial charge < -0.3 is 9.64 Å². The Bertz CT molecular complexity index is 648. The molecule has 1 fully saturated rings. The molecule has 0 bridgehead atoms. The molecule has 6 heteroatoms. The largest absolute Gasteiger partial charge is 0.449 e. The van der Waals surface area contributed by atoms with Crippen molar-refractivity contribution in [2.24, 2.45) is 0 Å². The van der Waals surface area contributed by atoms with E-state index in [1.54, 1.807) is 6.20 Å². The van der Waals surface area contributed by atoms with Gasteiger partial charge in [-0.05, 0) is 37.5 Å². The van der Waals surface area contributed by atoms with Crippen molar-refractivity contribution in [3.63, 3.8) is 0 Å². The fourth-order valence-electron chi connectivity index (χ4n) is 2.96. The number of piperidine rings is 1. The topological polar surface area (TPSA) is 71.1 Å². The number of rotatable bonds is 5. The molecule has 0 spiro atoms. The van der Waals surface area contributed by atoms with E-state index in [9.17, 15) is 4.79 Å². The summed E-state index contributed by atoms with van der Waals surface area (Å²) in [5, 5.41) is 7.51. The Balaban J connectivity index is 1.54. The van der Waals surface area contributed by atoms with Gasteiger partial charge in [-0.2, -0.15) is 5.10 Å². The van der Waals surface area contributed by atoms with Crippen LogP contribution in [0.5, 0.6) is 0 Å². The Morgan fingerprint density at radius 3 is 2.88 bits per heavy atom. The number of aromatic nitrogens is 3. The number of nitrogens with zero attached hydrogens (tertiary/aromatic N) is 3. The molecule has 128 valence electrons. The molecule has 1 aliphatic rings. The third-order valence-electron chi connectivity index (χ3n) is 4.44. The van der Waals surface area contributed by atoms with E-state index in [0.29, 0.717) is 12.5 Å².